The van der Waals surface area contributed by atoms with E-state index in [2.05, 4.69) is 30.8 Å². The molecule has 0 spiro atoms. The molecule has 144 valence electrons. The maximum absolute atomic E-state index is 6.16. The zero-order valence-electron chi connectivity index (χ0n) is 15.4. The van der Waals surface area contributed by atoms with Gasteiger partial charge in [-0.25, -0.2) is 0 Å². The molecule has 0 amide bonds. The number of nitrogens with one attached hydrogen (secondary N) is 3. The number of piperidine rings is 2. The lowest BCUT2D eigenvalue weighted by Gasteiger charge is -2.39. The molecule has 0 aliphatic carbocycles. The molecule has 27 heavy (non-hydrogen) atoms. The Morgan fingerprint density at radius 3 is 2.81 bits per heavy atom. The maximum atomic E-state index is 6.16. The van der Waals surface area contributed by atoms with Crippen LogP contribution < -0.4 is 15.4 Å². The van der Waals surface area contributed by atoms with Gasteiger partial charge in [-0.3, -0.25) is 10.1 Å². The van der Waals surface area contributed by atoms with Gasteiger partial charge < -0.3 is 20.1 Å². The molecule has 2 bridgehead atoms. The highest BCUT2D eigenvalue weighted by Gasteiger charge is 2.32. The molecule has 3 saturated heterocycles. The number of hydrogen-bond acceptors (Lipinski definition) is 7. The standard InChI is InChI=1S/C19H26N6O2/c1-2-13-6-15(7-14(3-1)21-13)27-19-10-20-9-18(23-19)22-17-8-16(24-25-17)12-4-5-26-11-12/h8-10,12-15,21H,1-7,11H2,(H2,22,23,24,25)/t12-,13-,14+,15?/m0/s1. The molecule has 0 radical (unpaired) electrons. The van der Waals surface area contributed by atoms with Crippen LogP contribution in [0.2, 0.25) is 0 Å². The molecule has 3 fully saturated rings. The molecule has 2 aromatic heterocycles. The Kier molecular flexibility index (Phi) is 4.67. The molecule has 2 aromatic rings. The zero-order chi connectivity index (χ0) is 18.1. The fourth-order valence-electron chi connectivity index (χ4n) is 4.47. The van der Waals surface area contributed by atoms with Crippen molar-refractivity contribution in [2.75, 3.05) is 18.5 Å². The van der Waals surface area contributed by atoms with E-state index in [9.17, 15) is 0 Å². The number of aromatic nitrogens is 4. The summed E-state index contributed by atoms with van der Waals surface area (Å²) in [6.45, 7) is 1.57. The second-order valence-electron chi connectivity index (χ2n) is 7.84. The Morgan fingerprint density at radius 1 is 1.11 bits per heavy atom. The third-order valence-electron chi connectivity index (χ3n) is 5.79. The average Bonchev–Trinajstić information content (AvgIpc) is 3.33. The van der Waals surface area contributed by atoms with Crippen molar-refractivity contribution in [3.63, 3.8) is 0 Å². The van der Waals surface area contributed by atoms with E-state index in [4.69, 9.17) is 9.47 Å². The van der Waals surface area contributed by atoms with Gasteiger partial charge in [-0.15, -0.1) is 0 Å². The van der Waals surface area contributed by atoms with Crippen LogP contribution in [0.4, 0.5) is 11.6 Å². The van der Waals surface area contributed by atoms with Gasteiger partial charge in [0, 0.05) is 36.4 Å². The van der Waals surface area contributed by atoms with Gasteiger partial charge in [-0.05, 0) is 32.1 Å². The SMILES string of the molecule is c1ncc(OC2C[C@H]3CCC[C@@H](C2)N3)nc1Nc1cc([C@H]2CCOC2)[nH]n1. The molecule has 4 atom stereocenters. The van der Waals surface area contributed by atoms with Gasteiger partial charge in [0.05, 0.1) is 19.0 Å². The second kappa shape index (κ2) is 7.44. The van der Waals surface area contributed by atoms with E-state index in [0.29, 0.717) is 29.7 Å². The Hall–Kier alpha value is -2.19. The van der Waals surface area contributed by atoms with Crippen molar-refractivity contribution >= 4 is 11.6 Å². The van der Waals surface area contributed by atoms with Gasteiger partial charge in [0.2, 0.25) is 5.88 Å². The Bertz CT molecular complexity index is 763. The highest BCUT2D eigenvalue weighted by molar-refractivity contribution is 5.51. The van der Waals surface area contributed by atoms with Crippen molar-refractivity contribution in [2.24, 2.45) is 0 Å². The largest absolute Gasteiger partial charge is 0.473 e. The van der Waals surface area contributed by atoms with Crippen molar-refractivity contribution in [2.45, 2.75) is 62.6 Å². The quantitative estimate of drug-likeness (QED) is 0.744. The topological polar surface area (TPSA) is 97.0 Å². The van der Waals surface area contributed by atoms with Gasteiger partial charge in [0.15, 0.2) is 11.6 Å². The van der Waals surface area contributed by atoms with Crippen LogP contribution in [-0.4, -0.2) is 51.6 Å². The fraction of sp³-hybridized carbons (Fsp3) is 0.632. The summed E-state index contributed by atoms with van der Waals surface area (Å²) >= 11 is 0. The first-order valence-electron chi connectivity index (χ1n) is 9.96. The Morgan fingerprint density at radius 2 is 2.00 bits per heavy atom. The van der Waals surface area contributed by atoms with Crippen LogP contribution in [0.3, 0.4) is 0 Å². The molecule has 8 nitrogen and oxygen atoms in total. The molecule has 1 unspecified atom stereocenters. The second-order valence-corrected chi connectivity index (χ2v) is 7.84. The van der Waals surface area contributed by atoms with Crippen LogP contribution >= 0.6 is 0 Å². The first-order chi connectivity index (χ1) is 13.3. The highest BCUT2D eigenvalue weighted by Crippen LogP contribution is 2.29. The minimum absolute atomic E-state index is 0.213. The number of nitrogens with zero attached hydrogens (tertiary/aromatic N) is 3. The zero-order valence-corrected chi connectivity index (χ0v) is 15.4. The summed E-state index contributed by atoms with van der Waals surface area (Å²) in [5.41, 5.74) is 1.09. The number of H-pyrrole nitrogens is 1. The molecule has 5 rings (SSSR count). The first kappa shape index (κ1) is 16.9. The Balaban J connectivity index is 1.23. The van der Waals surface area contributed by atoms with Crippen molar-refractivity contribution in [3.05, 3.63) is 24.2 Å². The summed E-state index contributed by atoms with van der Waals surface area (Å²) in [5, 5.41) is 14.3. The number of anilines is 2. The molecule has 3 N–H and O–H groups in total. The molecule has 0 saturated carbocycles. The van der Waals surface area contributed by atoms with Gasteiger partial charge >= 0.3 is 0 Å². The lowest BCUT2D eigenvalue weighted by Crippen LogP contribution is -2.51. The average molecular weight is 370 g/mol. The summed E-state index contributed by atoms with van der Waals surface area (Å²) in [6, 6.07) is 3.18. The predicted molar refractivity (Wildman–Crippen MR) is 100 cm³/mol. The van der Waals surface area contributed by atoms with Gasteiger partial charge in [0.1, 0.15) is 6.10 Å². The molecule has 8 heteroatoms. The van der Waals surface area contributed by atoms with E-state index in [1.54, 1.807) is 12.4 Å². The van der Waals surface area contributed by atoms with Gasteiger partial charge in [-0.1, -0.05) is 6.42 Å². The fourth-order valence-corrected chi connectivity index (χ4v) is 4.47. The van der Waals surface area contributed by atoms with E-state index in [1.807, 2.05) is 6.07 Å². The van der Waals surface area contributed by atoms with Crippen LogP contribution in [-0.2, 0) is 4.74 Å². The van der Waals surface area contributed by atoms with Crippen molar-refractivity contribution < 1.29 is 9.47 Å². The minimum Gasteiger partial charge on any atom is -0.473 e. The van der Waals surface area contributed by atoms with Crippen LogP contribution in [0.25, 0.3) is 0 Å². The summed E-state index contributed by atoms with van der Waals surface area (Å²) < 4.78 is 11.6. The summed E-state index contributed by atoms with van der Waals surface area (Å²) in [5.74, 6) is 2.35. The number of fused-ring (bicyclic) bond motifs is 2. The summed E-state index contributed by atoms with van der Waals surface area (Å²) in [7, 11) is 0. The van der Waals surface area contributed by atoms with Crippen LogP contribution in [0, 0.1) is 0 Å². The lowest BCUT2D eigenvalue weighted by atomic mass is 9.85. The van der Waals surface area contributed by atoms with Crippen LogP contribution in [0.1, 0.15) is 50.1 Å². The molecule has 0 aromatic carbocycles. The highest BCUT2D eigenvalue weighted by atomic mass is 16.5. The van der Waals surface area contributed by atoms with E-state index >= 15 is 0 Å². The summed E-state index contributed by atoms with van der Waals surface area (Å²) in [4.78, 5) is 8.85. The molecule has 3 aliphatic heterocycles. The smallest absolute Gasteiger partial charge is 0.234 e. The maximum Gasteiger partial charge on any atom is 0.234 e. The van der Waals surface area contributed by atoms with E-state index in [-0.39, 0.29) is 6.10 Å². The number of rotatable bonds is 5. The van der Waals surface area contributed by atoms with Crippen molar-refractivity contribution in [1.82, 2.24) is 25.5 Å². The van der Waals surface area contributed by atoms with Crippen LogP contribution in [0.5, 0.6) is 5.88 Å². The minimum atomic E-state index is 0.213. The van der Waals surface area contributed by atoms with Crippen molar-refractivity contribution in [1.29, 1.82) is 0 Å². The summed E-state index contributed by atoms with van der Waals surface area (Å²) in [6.07, 6.45) is 10.5. The number of hydrogen-bond donors (Lipinski definition) is 3. The third kappa shape index (κ3) is 3.91. The van der Waals surface area contributed by atoms with Crippen molar-refractivity contribution in [3.8, 4) is 5.88 Å². The lowest BCUT2D eigenvalue weighted by molar-refractivity contribution is 0.0887. The van der Waals surface area contributed by atoms with E-state index in [1.165, 1.54) is 19.3 Å². The van der Waals surface area contributed by atoms with Gasteiger partial charge in [0.25, 0.3) is 0 Å². The Labute approximate surface area is 158 Å². The monoisotopic (exact) mass is 370 g/mol. The number of aromatic amines is 1. The van der Waals surface area contributed by atoms with E-state index < -0.39 is 0 Å². The first-order valence-corrected chi connectivity index (χ1v) is 9.96. The number of ether oxygens (including phenoxy) is 2. The van der Waals surface area contributed by atoms with Gasteiger partial charge in [-0.2, -0.15) is 10.1 Å². The predicted octanol–water partition coefficient (Wildman–Crippen LogP) is 2.50. The third-order valence-corrected chi connectivity index (χ3v) is 5.79. The normalized spacial score (nSPS) is 30.2. The molecule has 3 aliphatic rings. The molecule has 5 heterocycles. The molecular weight excluding hydrogens is 344 g/mol. The van der Waals surface area contributed by atoms with Crippen LogP contribution in [0.15, 0.2) is 18.5 Å². The molecular formula is C19H26N6O2. The van der Waals surface area contributed by atoms with E-state index in [0.717, 1.165) is 44.0 Å².